The van der Waals surface area contributed by atoms with Gasteiger partial charge in [-0.05, 0) is 24.3 Å². The van der Waals surface area contributed by atoms with E-state index in [2.05, 4.69) is 9.98 Å². The van der Waals surface area contributed by atoms with Crippen LogP contribution in [-0.2, 0) is 4.79 Å². The molecule has 3 heterocycles. The number of amidine groups is 1. The lowest BCUT2D eigenvalue weighted by atomic mass is 10.2. The van der Waals surface area contributed by atoms with Crippen molar-refractivity contribution >= 4 is 45.9 Å². The van der Waals surface area contributed by atoms with Gasteiger partial charge >= 0.3 is 0 Å². The maximum atomic E-state index is 12.9. The van der Waals surface area contributed by atoms with Gasteiger partial charge in [-0.1, -0.05) is 23.7 Å². The van der Waals surface area contributed by atoms with Crippen molar-refractivity contribution in [2.75, 3.05) is 4.90 Å². The number of benzene rings is 1. The number of halogens is 1. The Balaban J connectivity index is 1.86. The summed E-state index contributed by atoms with van der Waals surface area (Å²) >= 11 is 7.65. The van der Waals surface area contributed by atoms with Crippen LogP contribution in [0.1, 0.15) is 11.3 Å². The van der Waals surface area contributed by atoms with Crippen LogP contribution in [0.4, 0.5) is 5.13 Å². The molecular formula is C17H10ClN3O2S. The van der Waals surface area contributed by atoms with Crippen molar-refractivity contribution in [3.05, 3.63) is 76.3 Å². The van der Waals surface area contributed by atoms with Crippen LogP contribution in [0.5, 0.6) is 0 Å². The molecule has 1 amide bonds. The summed E-state index contributed by atoms with van der Waals surface area (Å²) in [5.74, 6) is 0.747. The zero-order valence-electron chi connectivity index (χ0n) is 12.2. The second-order valence-corrected chi connectivity index (χ2v) is 6.20. The fourth-order valence-electron chi connectivity index (χ4n) is 2.35. The number of thiazole rings is 1. The Morgan fingerprint density at radius 2 is 2.08 bits per heavy atom. The number of aliphatic imine (C=N–C) groups is 1. The molecule has 0 N–H and O–H groups in total. The average molecular weight is 356 g/mol. The highest BCUT2D eigenvalue weighted by Gasteiger charge is 2.35. The summed E-state index contributed by atoms with van der Waals surface area (Å²) in [5, 5.41) is 2.87. The van der Waals surface area contributed by atoms with Gasteiger partial charge in [0.05, 0.1) is 11.3 Å². The Morgan fingerprint density at radius 3 is 2.79 bits per heavy atom. The minimum atomic E-state index is -0.267. The Hall–Kier alpha value is -2.70. The van der Waals surface area contributed by atoms with Crippen molar-refractivity contribution < 1.29 is 9.21 Å². The minimum Gasteiger partial charge on any atom is -0.465 e. The van der Waals surface area contributed by atoms with Gasteiger partial charge in [0.15, 0.2) is 11.0 Å². The van der Waals surface area contributed by atoms with E-state index in [-0.39, 0.29) is 11.6 Å². The van der Waals surface area contributed by atoms with E-state index in [4.69, 9.17) is 16.0 Å². The van der Waals surface area contributed by atoms with E-state index in [1.165, 1.54) is 16.2 Å². The largest absolute Gasteiger partial charge is 0.465 e. The molecule has 0 atom stereocenters. The Kier molecular flexibility index (Phi) is 3.76. The van der Waals surface area contributed by atoms with E-state index in [0.717, 1.165) is 0 Å². The van der Waals surface area contributed by atoms with Crippen LogP contribution in [0, 0.1) is 0 Å². The molecule has 1 aliphatic heterocycles. The first-order chi connectivity index (χ1) is 11.7. The van der Waals surface area contributed by atoms with E-state index in [0.29, 0.717) is 27.3 Å². The summed E-state index contributed by atoms with van der Waals surface area (Å²) in [6, 6.07) is 10.8. The molecule has 7 heteroatoms. The molecular weight excluding hydrogens is 346 g/mol. The summed E-state index contributed by atoms with van der Waals surface area (Å²) in [4.78, 5) is 23.0. The van der Waals surface area contributed by atoms with Crippen molar-refractivity contribution in [2.24, 2.45) is 4.99 Å². The maximum absolute atomic E-state index is 12.9. The first kappa shape index (κ1) is 14.9. The highest BCUT2D eigenvalue weighted by Crippen LogP contribution is 2.31. The number of aromatic nitrogens is 1. The summed E-state index contributed by atoms with van der Waals surface area (Å²) in [6.07, 6.45) is 4.79. The second-order valence-electron chi connectivity index (χ2n) is 4.92. The van der Waals surface area contributed by atoms with Crippen LogP contribution in [0.15, 0.2) is 69.3 Å². The van der Waals surface area contributed by atoms with Crippen molar-refractivity contribution in [1.82, 2.24) is 4.98 Å². The standard InChI is InChI=1S/C17H10ClN3O2S/c18-13-6-2-1-5-12(13)15-20-14(10-11-4-3-8-23-11)16(22)21(15)17-19-7-9-24-17/h1-10H. The van der Waals surface area contributed by atoms with Gasteiger partial charge in [0.1, 0.15) is 11.5 Å². The lowest BCUT2D eigenvalue weighted by Crippen LogP contribution is -2.32. The van der Waals surface area contributed by atoms with Gasteiger partial charge in [0.2, 0.25) is 0 Å². The molecule has 0 spiro atoms. The van der Waals surface area contributed by atoms with Gasteiger partial charge in [0, 0.05) is 23.2 Å². The van der Waals surface area contributed by atoms with Crippen molar-refractivity contribution in [3.63, 3.8) is 0 Å². The Bertz CT molecular complexity index is 946. The van der Waals surface area contributed by atoms with Crippen molar-refractivity contribution in [3.8, 4) is 0 Å². The lowest BCUT2D eigenvalue weighted by molar-refractivity contribution is -0.113. The van der Waals surface area contributed by atoms with E-state index < -0.39 is 0 Å². The molecule has 0 bridgehead atoms. The van der Waals surface area contributed by atoms with Gasteiger partial charge in [-0.2, -0.15) is 0 Å². The molecule has 0 radical (unpaired) electrons. The van der Waals surface area contributed by atoms with Crippen LogP contribution in [0.3, 0.4) is 0 Å². The highest BCUT2D eigenvalue weighted by molar-refractivity contribution is 7.14. The summed E-state index contributed by atoms with van der Waals surface area (Å²) in [6.45, 7) is 0. The smallest absolute Gasteiger partial charge is 0.284 e. The molecule has 1 aromatic carbocycles. The summed E-state index contributed by atoms with van der Waals surface area (Å²) < 4.78 is 5.28. The second kappa shape index (κ2) is 6.07. The quantitative estimate of drug-likeness (QED) is 0.661. The predicted octanol–water partition coefficient (Wildman–Crippen LogP) is 4.22. The number of rotatable bonds is 3. The van der Waals surface area contributed by atoms with Gasteiger partial charge < -0.3 is 4.42 Å². The summed E-state index contributed by atoms with van der Waals surface area (Å²) in [7, 11) is 0. The van der Waals surface area contributed by atoms with Crippen molar-refractivity contribution in [1.29, 1.82) is 0 Å². The molecule has 0 saturated heterocycles. The van der Waals surface area contributed by atoms with E-state index in [1.807, 2.05) is 18.2 Å². The van der Waals surface area contributed by atoms with Crippen LogP contribution in [0.2, 0.25) is 5.02 Å². The number of amides is 1. The van der Waals surface area contributed by atoms with Crippen LogP contribution in [0.25, 0.3) is 6.08 Å². The van der Waals surface area contributed by atoms with E-state index in [1.54, 1.807) is 42.1 Å². The van der Waals surface area contributed by atoms with Crippen molar-refractivity contribution in [2.45, 2.75) is 0 Å². The number of hydrogen-bond acceptors (Lipinski definition) is 5. The number of carbonyl (C=O) groups excluding carboxylic acids is 1. The first-order valence-corrected chi connectivity index (χ1v) is 8.32. The van der Waals surface area contributed by atoms with Gasteiger partial charge in [-0.25, -0.2) is 14.9 Å². The molecule has 0 saturated carbocycles. The first-order valence-electron chi connectivity index (χ1n) is 7.07. The van der Waals surface area contributed by atoms with Crippen LogP contribution < -0.4 is 4.90 Å². The van der Waals surface area contributed by atoms with Gasteiger partial charge in [-0.3, -0.25) is 4.79 Å². The number of hydrogen-bond donors (Lipinski definition) is 0. The molecule has 24 heavy (non-hydrogen) atoms. The zero-order valence-corrected chi connectivity index (χ0v) is 13.8. The number of anilines is 1. The molecule has 2 aromatic heterocycles. The maximum Gasteiger partial charge on any atom is 0.284 e. The van der Waals surface area contributed by atoms with Crippen LogP contribution >= 0.6 is 22.9 Å². The number of carbonyl (C=O) groups is 1. The number of furan rings is 1. The third kappa shape index (κ3) is 2.55. The molecule has 0 aliphatic carbocycles. The Morgan fingerprint density at radius 1 is 1.21 bits per heavy atom. The molecule has 5 nitrogen and oxygen atoms in total. The van der Waals surface area contributed by atoms with E-state index in [9.17, 15) is 4.79 Å². The highest BCUT2D eigenvalue weighted by atomic mass is 35.5. The lowest BCUT2D eigenvalue weighted by Gasteiger charge is -2.15. The van der Waals surface area contributed by atoms with Crippen LogP contribution in [-0.4, -0.2) is 16.7 Å². The molecule has 0 unspecified atom stereocenters. The van der Waals surface area contributed by atoms with Gasteiger partial charge in [-0.15, -0.1) is 11.3 Å². The summed E-state index contributed by atoms with van der Waals surface area (Å²) in [5.41, 5.74) is 0.945. The zero-order chi connectivity index (χ0) is 16.5. The average Bonchev–Trinajstić information content (AvgIpc) is 3.31. The normalized spacial score (nSPS) is 16.0. The minimum absolute atomic E-state index is 0.267. The van der Waals surface area contributed by atoms with Gasteiger partial charge in [0.25, 0.3) is 5.91 Å². The molecule has 4 rings (SSSR count). The topological polar surface area (TPSA) is 58.7 Å². The fourth-order valence-corrected chi connectivity index (χ4v) is 3.21. The fraction of sp³-hybridized carbons (Fsp3) is 0. The Labute approximate surface area is 146 Å². The molecule has 3 aromatic rings. The van der Waals surface area contributed by atoms with E-state index >= 15 is 0 Å². The number of nitrogens with zero attached hydrogens (tertiary/aromatic N) is 3. The molecule has 0 fully saturated rings. The monoisotopic (exact) mass is 355 g/mol. The third-order valence-electron chi connectivity index (χ3n) is 3.41. The third-order valence-corrected chi connectivity index (χ3v) is 4.49. The SMILES string of the molecule is O=C1C(=Cc2ccco2)N=C(c2ccccc2Cl)N1c1nccs1. The molecule has 1 aliphatic rings. The predicted molar refractivity (Wildman–Crippen MR) is 94.3 cm³/mol. The molecule has 118 valence electrons.